The lowest BCUT2D eigenvalue weighted by molar-refractivity contribution is 0.126. The molecule has 0 aromatic carbocycles. The van der Waals surface area contributed by atoms with Crippen molar-refractivity contribution < 1.29 is 8.78 Å². The largest absolute Gasteiger partial charge is 0.343 e. The molecule has 0 amide bonds. The number of aromatic nitrogens is 1. The first kappa shape index (κ1) is 13.4. The van der Waals surface area contributed by atoms with Gasteiger partial charge >= 0.3 is 5.92 Å². The highest BCUT2D eigenvalue weighted by atomic mass is 35.5. The molecule has 0 fully saturated rings. The second-order valence-electron chi connectivity index (χ2n) is 4.51. The van der Waals surface area contributed by atoms with Crippen LogP contribution in [0, 0.1) is 0 Å². The summed E-state index contributed by atoms with van der Waals surface area (Å²) in [4.78, 5) is 5.36. The summed E-state index contributed by atoms with van der Waals surface area (Å²) in [6, 6.07) is 3.48. The van der Waals surface area contributed by atoms with Crippen molar-refractivity contribution in [2.75, 3.05) is 0 Å². The van der Waals surface area contributed by atoms with Crippen LogP contribution in [0.15, 0.2) is 54.0 Å². The smallest absolute Gasteiger partial charge is 0.310 e. The highest BCUT2D eigenvalue weighted by Crippen LogP contribution is 2.41. The Balaban J connectivity index is 1.88. The molecule has 2 nitrogen and oxygen atoms in total. The number of fused-ring (bicyclic) bond motifs is 1. The van der Waals surface area contributed by atoms with E-state index in [2.05, 4.69) is 4.98 Å². The molecule has 0 bridgehead atoms. The summed E-state index contributed by atoms with van der Waals surface area (Å²) in [7, 11) is 0. The van der Waals surface area contributed by atoms with Crippen molar-refractivity contribution >= 4 is 28.7 Å². The van der Waals surface area contributed by atoms with Crippen molar-refractivity contribution in [3.63, 3.8) is 0 Å². The van der Waals surface area contributed by atoms with Gasteiger partial charge in [-0.25, -0.2) is 4.98 Å². The molecule has 0 N–H and O–H groups in total. The maximum absolute atomic E-state index is 13.9. The molecule has 0 spiro atoms. The highest BCUT2D eigenvalue weighted by molar-refractivity contribution is 7.81. The molecular weight excluding hydrogens is 302 g/mol. The summed E-state index contributed by atoms with van der Waals surface area (Å²) < 4.78 is 27.8. The molecule has 2 heterocycles. The molecular formula is C14H9ClF2N2S. The van der Waals surface area contributed by atoms with E-state index in [0.717, 1.165) is 5.56 Å². The number of thiocarbonyl (C=S) groups is 1. The highest BCUT2D eigenvalue weighted by Gasteiger charge is 2.46. The molecule has 3 rings (SSSR count). The van der Waals surface area contributed by atoms with E-state index in [1.807, 2.05) is 6.07 Å². The topological polar surface area (TPSA) is 16.1 Å². The van der Waals surface area contributed by atoms with Crippen LogP contribution in [0.25, 0.3) is 0 Å². The van der Waals surface area contributed by atoms with Crippen LogP contribution in [-0.4, -0.2) is 20.7 Å². The second kappa shape index (κ2) is 4.75. The molecule has 6 heteroatoms. The monoisotopic (exact) mass is 310 g/mol. The molecule has 1 aliphatic carbocycles. The lowest BCUT2D eigenvalue weighted by Crippen LogP contribution is -2.27. The number of allylic oxidation sites excluding steroid dienone is 4. The Hall–Kier alpha value is -1.59. The zero-order chi connectivity index (χ0) is 14.3. The lowest BCUT2D eigenvalue weighted by atomic mass is 10.1. The summed E-state index contributed by atoms with van der Waals surface area (Å²) in [5.74, 6) is -3.06. The summed E-state index contributed by atoms with van der Waals surface area (Å²) in [5, 5.41) is 0.399. The fourth-order valence-electron chi connectivity index (χ4n) is 2.17. The van der Waals surface area contributed by atoms with Crippen LogP contribution in [0.3, 0.4) is 0 Å². The summed E-state index contributed by atoms with van der Waals surface area (Å²) >= 11 is 10.5. The number of alkyl halides is 2. The van der Waals surface area contributed by atoms with Crippen LogP contribution in [0.1, 0.15) is 5.56 Å². The normalized spacial score (nSPS) is 19.8. The number of rotatable bonds is 2. The van der Waals surface area contributed by atoms with E-state index in [1.165, 1.54) is 12.2 Å². The average Bonchev–Trinajstić information content (AvgIpc) is 2.65. The predicted octanol–water partition coefficient (Wildman–Crippen LogP) is 3.89. The van der Waals surface area contributed by atoms with Crippen LogP contribution >= 0.6 is 23.8 Å². The summed E-state index contributed by atoms with van der Waals surface area (Å²) in [5.41, 5.74) is 1.27. The van der Waals surface area contributed by atoms with Gasteiger partial charge in [-0.2, -0.15) is 8.78 Å². The van der Waals surface area contributed by atoms with Crippen molar-refractivity contribution in [1.82, 2.24) is 9.88 Å². The molecule has 0 atom stereocenters. The molecule has 0 saturated carbocycles. The average molecular weight is 311 g/mol. The third-order valence-corrected chi connectivity index (χ3v) is 3.77. The van der Waals surface area contributed by atoms with Crippen LogP contribution in [0.2, 0.25) is 5.15 Å². The van der Waals surface area contributed by atoms with E-state index in [0.29, 0.717) is 17.4 Å². The molecule has 0 radical (unpaired) electrons. The van der Waals surface area contributed by atoms with Gasteiger partial charge in [-0.15, -0.1) is 0 Å². The first-order valence-corrected chi connectivity index (χ1v) is 6.67. The fraction of sp³-hybridized carbons (Fsp3) is 0.143. The maximum atomic E-state index is 13.9. The predicted molar refractivity (Wildman–Crippen MR) is 77.6 cm³/mol. The van der Waals surface area contributed by atoms with Crippen molar-refractivity contribution in [3.05, 3.63) is 64.7 Å². The quantitative estimate of drug-likeness (QED) is 0.609. The standard InChI is InChI=1S/C14H9ClF2N2S/c15-13-4-3-9(7-18-13)8-19-5-1-2-10-11(19)6-12(20)14(10,16)17/h1-7H,8H2. The van der Waals surface area contributed by atoms with Crippen molar-refractivity contribution in [2.45, 2.75) is 12.5 Å². The van der Waals surface area contributed by atoms with Crippen molar-refractivity contribution in [3.8, 4) is 0 Å². The van der Waals surface area contributed by atoms with E-state index in [4.69, 9.17) is 23.8 Å². The van der Waals surface area contributed by atoms with Crippen molar-refractivity contribution in [1.29, 1.82) is 0 Å². The number of hydrogen-bond donors (Lipinski definition) is 0. The van der Waals surface area contributed by atoms with E-state index in [9.17, 15) is 8.78 Å². The van der Waals surface area contributed by atoms with E-state index >= 15 is 0 Å². The molecule has 1 aliphatic heterocycles. The SMILES string of the molecule is FC1(F)C(=S)C=C2C1=CC=CN2Cc1ccc(Cl)nc1. The molecule has 0 saturated heterocycles. The van der Waals surface area contributed by atoms with Gasteiger partial charge in [-0.1, -0.05) is 29.9 Å². The van der Waals surface area contributed by atoms with Gasteiger partial charge in [-0.05, 0) is 29.9 Å². The molecule has 0 unspecified atom stereocenters. The van der Waals surface area contributed by atoms with Gasteiger partial charge in [0.25, 0.3) is 0 Å². The second-order valence-corrected chi connectivity index (χ2v) is 5.33. The number of halogens is 3. The van der Waals surface area contributed by atoms with Crippen LogP contribution < -0.4 is 0 Å². The molecule has 102 valence electrons. The lowest BCUT2D eigenvalue weighted by Gasteiger charge is -2.26. The molecule has 1 aromatic heterocycles. The number of nitrogens with zero attached hydrogens (tertiary/aromatic N) is 2. The Morgan fingerprint density at radius 3 is 2.85 bits per heavy atom. The van der Waals surface area contributed by atoms with Crippen molar-refractivity contribution in [2.24, 2.45) is 0 Å². The van der Waals surface area contributed by atoms with Crippen LogP contribution in [-0.2, 0) is 6.54 Å². The molecule has 20 heavy (non-hydrogen) atoms. The number of hydrogen-bond acceptors (Lipinski definition) is 3. The van der Waals surface area contributed by atoms with Crippen LogP contribution in [0.5, 0.6) is 0 Å². The van der Waals surface area contributed by atoms with Gasteiger partial charge in [0.15, 0.2) is 0 Å². The zero-order valence-corrected chi connectivity index (χ0v) is 11.8. The van der Waals surface area contributed by atoms with Gasteiger partial charge in [0.05, 0.1) is 16.1 Å². The van der Waals surface area contributed by atoms with Gasteiger partial charge in [-0.3, -0.25) is 0 Å². The van der Waals surface area contributed by atoms with Gasteiger partial charge in [0.1, 0.15) is 5.15 Å². The third-order valence-electron chi connectivity index (χ3n) is 3.17. The van der Waals surface area contributed by atoms with E-state index in [-0.39, 0.29) is 10.4 Å². The Labute approximate surface area is 125 Å². The third kappa shape index (κ3) is 2.17. The minimum atomic E-state index is -3.06. The Kier molecular flexibility index (Phi) is 3.18. The molecule has 2 aliphatic rings. The summed E-state index contributed by atoms with van der Waals surface area (Å²) in [6.07, 6.45) is 7.72. The van der Waals surface area contributed by atoms with E-state index in [1.54, 1.807) is 29.4 Å². The summed E-state index contributed by atoms with van der Waals surface area (Å²) in [6.45, 7) is 0.433. The maximum Gasteiger partial charge on any atom is 0.310 e. The molecule has 1 aromatic rings. The van der Waals surface area contributed by atoms with Gasteiger partial charge < -0.3 is 4.90 Å². The van der Waals surface area contributed by atoms with E-state index < -0.39 is 5.92 Å². The zero-order valence-electron chi connectivity index (χ0n) is 10.2. The minimum Gasteiger partial charge on any atom is -0.343 e. The number of pyridine rings is 1. The minimum absolute atomic E-state index is 0.0491. The van der Waals surface area contributed by atoms with Gasteiger partial charge in [0, 0.05) is 18.9 Å². The van der Waals surface area contributed by atoms with Crippen LogP contribution in [0.4, 0.5) is 8.78 Å². The Morgan fingerprint density at radius 1 is 1.35 bits per heavy atom. The van der Waals surface area contributed by atoms with Gasteiger partial charge in [0.2, 0.25) is 0 Å². The Bertz CT molecular complexity index is 662. The Morgan fingerprint density at radius 2 is 2.15 bits per heavy atom. The first-order chi connectivity index (χ1) is 9.48. The first-order valence-electron chi connectivity index (χ1n) is 5.89. The fourth-order valence-corrected chi connectivity index (χ4v) is 2.51.